The van der Waals surface area contributed by atoms with Crippen LogP contribution in [-0.2, 0) is 11.2 Å². The summed E-state index contributed by atoms with van der Waals surface area (Å²) in [7, 11) is 0. The van der Waals surface area contributed by atoms with E-state index in [0.29, 0.717) is 0 Å². The summed E-state index contributed by atoms with van der Waals surface area (Å²) in [4.78, 5) is 13.5. The molecular weight excluding hydrogens is 292 g/mol. The van der Waals surface area contributed by atoms with Gasteiger partial charge >= 0.3 is 0 Å². The number of rotatable bonds is 3. The molecule has 2 aliphatic heterocycles. The number of thioether (sulfide) groups is 1. The Hall–Kier alpha value is -0.460. The van der Waals surface area contributed by atoms with Gasteiger partial charge in [-0.15, -0.1) is 5.10 Å². The number of ether oxygens (including phenoxy) is 1. The minimum Gasteiger partial charge on any atom is -0.375 e. The molecular formula is C14H20N2O2S2. The molecule has 0 bridgehead atoms. The van der Waals surface area contributed by atoms with Crippen LogP contribution in [0.2, 0.25) is 0 Å². The molecule has 4 nitrogen and oxygen atoms in total. The van der Waals surface area contributed by atoms with E-state index < -0.39 is 0 Å². The number of carbonyl (C=O) groups excluding carboxylic acids is 1. The van der Waals surface area contributed by atoms with Crippen molar-refractivity contribution in [3.05, 3.63) is 10.6 Å². The van der Waals surface area contributed by atoms with Crippen LogP contribution >= 0.6 is 23.3 Å². The maximum Gasteiger partial charge on any atom is 0.179 e. The SMILES string of the molecule is CCc1nnsc1C(=O)C1CCOC2(CCSCC2)C1. The third kappa shape index (κ3) is 2.78. The lowest BCUT2D eigenvalue weighted by atomic mass is 9.79. The predicted octanol–water partition coefficient (Wildman–Crippen LogP) is 2.98. The first-order valence-corrected chi connectivity index (χ1v) is 9.24. The number of hydrogen-bond donors (Lipinski definition) is 0. The van der Waals surface area contributed by atoms with E-state index in [1.54, 1.807) is 0 Å². The zero-order valence-corrected chi connectivity index (χ0v) is 13.4. The van der Waals surface area contributed by atoms with Gasteiger partial charge in [0.2, 0.25) is 0 Å². The number of aryl methyl sites for hydroxylation is 1. The molecule has 3 rings (SSSR count). The van der Waals surface area contributed by atoms with Gasteiger partial charge in [0.15, 0.2) is 5.78 Å². The van der Waals surface area contributed by atoms with Crippen LogP contribution in [0.1, 0.15) is 48.0 Å². The van der Waals surface area contributed by atoms with E-state index in [-0.39, 0.29) is 17.3 Å². The molecule has 6 heteroatoms. The quantitative estimate of drug-likeness (QED) is 0.803. The van der Waals surface area contributed by atoms with Gasteiger partial charge in [-0.1, -0.05) is 11.4 Å². The fourth-order valence-electron chi connectivity index (χ4n) is 3.16. The molecule has 2 saturated heterocycles. The minimum atomic E-state index is -0.0334. The Kier molecular flexibility index (Phi) is 4.43. The molecule has 1 aromatic heterocycles. The lowest BCUT2D eigenvalue weighted by molar-refractivity contribution is -0.0959. The summed E-state index contributed by atoms with van der Waals surface area (Å²) in [5.74, 6) is 2.66. The zero-order chi connectivity index (χ0) is 14.0. The second-order valence-corrected chi connectivity index (χ2v) is 7.58. The lowest BCUT2D eigenvalue weighted by Gasteiger charge is -2.42. The van der Waals surface area contributed by atoms with Crippen LogP contribution in [-0.4, -0.2) is 39.1 Å². The summed E-state index contributed by atoms with van der Waals surface area (Å²) < 4.78 is 10.0. The van der Waals surface area contributed by atoms with Gasteiger partial charge in [0.05, 0.1) is 11.3 Å². The van der Waals surface area contributed by atoms with Crippen LogP contribution in [0.3, 0.4) is 0 Å². The fourth-order valence-corrected chi connectivity index (χ4v) is 5.16. The number of carbonyl (C=O) groups is 1. The molecule has 0 aliphatic carbocycles. The van der Waals surface area contributed by atoms with Gasteiger partial charge in [-0.25, -0.2) is 0 Å². The molecule has 0 saturated carbocycles. The van der Waals surface area contributed by atoms with Gasteiger partial charge in [-0.3, -0.25) is 4.79 Å². The van der Waals surface area contributed by atoms with Crippen molar-refractivity contribution < 1.29 is 9.53 Å². The van der Waals surface area contributed by atoms with E-state index in [1.165, 1.54) is 11.5 Å². The molecule has 0 radical (unpaired) electrons. The van der Waals surface area contributed by atoms with Crippen LogP contribution in [0.15, 0.2) is 0 Å². The first-order valence-electron chi connectivity index (χ1n) is 7.31. The average Bonchev–Trinajstić information content (AvgIpc) is 2.96. The van der Waals surface area contributed by atoms with Gasteiger partial charge in [-0.2, -0.15) is 11.8 Å². The monoisotopic (exact) mass is 312 g/mol. The summed E-state index contributed by atoms with van der Waals surface area (Å²) in [6.45, 7) is 2.74. The molecule has 1 spiro atoms. The Morgan fingerprint density at radius 1 is 1.45 bits per heavy atom. The zero-order valence-electron chi connectivity index (χ0n) is 11.8. The smallest absolute Gasteiger partial charge is 0.179 e. The molecule has 20 heavy (non-hydrogen) atoms. The highest BCUT2D eigenvalue weighted by atomic mass is 32.2. The lowest BCUT2D eigenvalue weighted by Crippen LogP contribution is -2.44. The molecule has 0 N–H and O–H groups in total. The van der Waals surface area contributed by atoms with E-state index >= 15 is 0 Å². The Balaban J connectivity index is 1.75. The molecule has 2 aliphatic rings. The van der Waals surface area contributed by atoms with Crippen LogP contribution in [0, 0.1) is 5.92 Å². The van der Waals surface area contributed by atoms with Crippen molar-refractivity contribution in [2.75, 3.05) is 18.1 Å². The minimum absolute atomic E-state index is 0.0334. The normalized spacial score (nSPS) is 25.8. The molecule has 110 valence electrons. The second-order valence-electron chi connectivity index (χ2n) is 5.60. The fraction of sp³-hybridized carbons (Fsp3) is 0.786. The average molecular weight is 312 g/mol. The standard InChI is InChI=1S/C14H20N2O2S2/c1-2-11-13(20-16-15-11)12(17)10-3-6-18-14(9-10)4-7-19-8-5-14/h10H,2-9H2,1H3. The highest BCUT2D eigenvalue weighted by Gasteiger charge is 2.41. The summed E-state index contributed by atoms with van der Waals surface area (Å²) in [6.07, 6.45) is 4.68. The molecule has 0 amide bonds. The Labute approximate surface area is 127 Å². The maximum atomic E-state index is 12.7. The number of Topliss-reactive ketones (excluding diaryl/α,β-unsaturated/α-hetero) is 1. The number of ketones is 1. The van der Waals surface area contributed by atoms with Crippen LogP contribution in [0.5, 0.6) is 0 Å². The van der Waals surface area contributed by atoms with E-state index in [9.17, 15) is 4.79 Å². The second kappa shape index (κ2) is 6.12. The Bertz CT molecular complexity index is 478. The van der Waals surface area contributed by atoms with Crippen molar-refractivity contribution in [1.82, 2.24) is 9.59 Å². The number of aromatic nitrogens is 2. The summed E-state index contributed by atoms with van der Waals surface area (Å²) >= 11 is 3.25. The van der Waals surface area contributed by atoms with E-state index in [2.05, 4.69) is 9.59 Å². The highest BCUT2D eigenvalue weighted by molar-refractivity contribution is 7.99. The van der Waals surface area contributed by atoms with E-state index in [1.807, 2.05) is 18.7 Å². The van der Waals surface area contributed by atoms with Crippen molar-refractivity contribution in [2.45, 2.75) is 44.6 Å². The molecule has 0 aromatic carbocycles. The first-order chi connectivity index (χ1) is 9.74. The molecule has 1 unspecified atom stereocenters. The summed E-state index contributed by atoms with van der Waals surface area (Å²) in [6, 6.07) is 0. The van der Waals surface area contributed by atoms with E-state index in [0.717, 1.165) is 60.8 Å². The van der Waals surface area contributed by atoms with Crippen molar-refractivity contribution in [1.29, 1.82) is 0 Å². The number of nitrogens with zero attached hydrogens (tertiary/aromatic N) is 2. The molecule has 2 fully saturated rings. The van der Waals surface area contributed by atoms with Crippen LogP contribution in [0.25, 0.3) is 0 Å². The van der Waals surface area contributed by atoms with Crippen molar-refractivity contribution >= 4 is 29.1 Å². The van der Waals surface area contributed by atoms with Crippen LogP contribution in [0.4, 0.5) is 0 Å². The third-order valence-corrected chi connectivity index (χ3v) is 6.15. The van der Waals surface area contributed by atoms with Crippen molar-refractivity contribution in [3.63, 3.8) is 0 Å². The highest BCUT2D eigenvalue weighted by Crippen LogP contribution is 2.41. The molecule has 3 heterocycles. The third-order valence-electron chi connectivity index (χ3n) is 4.38. The summed E-state index contributed by atoms with van der Waals surface area (Å²) in [5.41, 5.74) is 0.827. The van der Waals surface area contributed by atoms with Gasteiger partial charge in [0.1, 0.15) is 4.88 Å². The summed E-state index contributed by atoms with van der Waals surface area (Å²) in [5, 5.41) is 4.07. The van der Waals surface area contributed by atoms with Gasteiger partial charge in [0.25, 0.3) is 0 Å². The largest absolute Gasteiger partial charge is 0.375 e. The van der Waals surface area contributed by atoms with Gasteiger partial charge < -0.3 is 4.74 Å². The number of hydrogen-bond acceptors (Lipinski definition) is 6. The Morgan fingerprint density at radius 2 is 2.25 bits per heavy atom. The predicted molar refractivity (Wildman–Crippen MR) is 81.6 cm³/mol. The topological polar surface area (TPSA) is 52.1 Å². The van der Waals surface area contributed by atoms with E-state index in [4.69, 9.17) is 4.74 Å². The van der Waals surface area contributed by atoms with Gasteiger partial charge in [-0.05, 0) is 55.1 Å². The van der Waals surface area contributed by atoms with Gasteiger partial charge in [0, 0.05) is 12.5 Å². The van der Waals surface area contributed by atoms with Crippen molar-refractivity contribution in [2.24, 2.45) is 5.92 Å². The molecule has 1 aromatic rings. The van der Waals surface area contributed by atoms with Crippen LogP contribution < -0.4 is 0 Å². The maximum absolute atomic E-state index is 12.7. The van der Waals surface area contributed by atoms with Crippen molar-refractivity contribution in [3.8, 4) is 0 Å². The molecule has 1 atom stereocenters. The first kappa shape index (κ1) is 14.5. The Morgan fingerprint density at radius 3 is 3.00 bits per heavy atom.